The van der Waals surface area contributed by atoms with E-state index >= 15 is 0 Å². The molecule has 1 heterocycles. The molecule has 0 fully saturated rings. The maximum Gasteiger partial charge on any atom is 0.321 e. The van der Waals surface area contributed by atoms with Crippen molar-refractivity contribution in [1.29, 1.82) is 0 Å². The SMILES string of the molecule is COc1cc([N+](=O)[O-])ccc1Oc1ncccn1. The Bertz CT molecular complexity index is 559. The van der Waals surface area contributed by atoms with Crippen LogP contribution in [0.4, 0.5) is 5.69 Å². The molecule has 0 saturated carbocycles. The van der Waals surface area contributed by atoms with Gasteiger partial charge in [-0.25, -0.2) is 9.97 Å². The van der Waals surface area contributed by atoms with Crippen molar-refractivity contribution in [3.63, 3.8) is 0 Å². The second-order valence-electron chi connectivity index (χ2n) is 3.23. The van der Waals surface area contributed by atoms with E-state index in [1.54, 1.807) is 6.07 Å². The highest BCUT2D eigenvalue weighted by atomic mass is 16.6. The van der Waals surface area contributed by atoms with E-state index in [0.29, 0.717) is 5.75 Å². The molecule has 2 aromatic rings. The van der Waals surface area contributed by atoms with Crippen LogP contribution in [0, 0.1) is 10.1 Å². The van der Waals surface area contributed by atoms with E-state index < -0.39 is 4.92 Å². The van der Waals surface area contributed by atoms with Gasteiger partial charge in [-0.1, -0.05) is 0 Å². The number of rotatable bonds is 4. The number of nitro benzene ring substituents is 1. The third-order valence-electron chi connectivity index (χ3n) is 2.10. The molecule has 0 radical (unpaired) electrons. The summed E-state index contributed by atoms with van der Waals surface area (Å²) in [6.45, 7) is 0. The molecule has 7 heteroatoms. The van der Waals surface area contributed by atoms with Crippen molar-refractivity contribution in [2.24, 2.45) is 0 Å². The number of hydrogen-bond donors (Lipinski definition) is 0. The molecule has 7 nitrogen and oxygen atoms in total. The first kappa shape index (κ1) is 11.8. The number of nitro groups is 1. The highest BCUT2D eigenvalue weighted by molar-refractivity contribution is 5.49. The summed E-state index contributed by atoms with van der Waals surface area (Å²) in [5.41, 5.74) is -0.0758. The van der Waals surface area contributed by atoms with Crippen LogP contribution in [0.15, 0.2) is 36.7 Å². The summed E-state index contributed by atoms with van der Waals surface area (Å²) in [6, 6.07) is 5.83. The van der Waals surface area contributed by atoms with Gasteiger partial charge >= 0.3 is 6.01 Å². The van der Waals surface area contributed by atoms with Gasteiger partial charge in [0.05, 0.1) is 18.1 Å². The number of non-ortho nitro benzene ring substituents is 1. The molecule has 0 unspecified atom stereocenters. The molecule has 2 rings (SSSR count). The van der Waals surface area contributed by atoms with Gasteiger partial charge in [-0.05, 0) is 12.1 Å². The monoisotopic (exact) mass is 247 g/mol. The summed E-state index contributed by atoms with van der Waals surface area (Å²) in [5, 5.41) is 10.6. The number of hydrogen-bond acceptors (Lipinski definition) is 6. The lowest BCUT2D eigenvalue weighted by atomic mass is 10.3. The van der Waals surface area contributed by atoms with Crippen LogP contribution in [0.3, 0.4) is 0 Å². The fourth-order valence-electron chi connectivity index (χ4n) is 1.29. The summed E-state index contributed by atoms with van der Waals surface area (Å²) in [6.07, 6.45) is 3.06. The molecule has 0 saturated heterocycles. The van der Waals surface area contributed by atoms with Gasteiger partial charge in [-0.15, -0.1) is 0 Å². The van der Waals surface area contributed by atoms with Gasteiger partial charge in [-0.3, -0.25) is 10.1 Å². The van der Waals surface area contributed by atoms with Crippen molar-refractivity contribution in [2.75, 3.05) is 7.11 Å². The van der Waals surface area contributed by atoms with Crippen molar-refractivity contribution >= 4 is 5.69 Å². The zero-order chi connectivity index (χ0) is 13.0. The second-order valence-corrected chi connectivity index (χ2v) is 3.23. The van der Waals surface area contributed by atoms with Crippen LogP contribution in [-0.2, 0) is 0 Å². The van der Waals surface area contributed by atoms with E-state index in [1.807, 2.05) is 0 Å². The summed E-state index contributed by atoms with van der Waals surface area (Å²) in [7, 11) is 1.40. The van der Waals surface area contributed by atoms with Gasteiger partial charge in [0.25, 0.3) is 5.69 Å². The van der Waals surface area contributed by atoms with Crippen LogP contribution in [0.5, 0.6) is 17.5 Å². The average molecular weight is 247 g/mol. The lowest BCUT2D eigenvalue weighted by molar-refractivity contribution is -0.384. The van der Waals surface area contributed by atoms with Crippen molar-refractivity contribution in [2.45, 2.75) is 0 Å². The Morgan fingerprint density at radius 1 is 1.22 bits per heavy atom. The standard InChI is InChI=1S/C11H9N3O4/c1-17-10-7-8(14(15)16)3-4-9(10)18-11-12-5-2-6-13-11/h2-7H,1H3. The van der Waals surface area contributed by atoms with E-state index in [4.69, 9.17) is 9.47 Å². The van der Waals surface area contributed by atoms with Crippen molar-refractivity contribution < 1.29 is 14.4 Å². The van der Waals surface area contributed by atoms with Crippen molar-refractivity contribution in [3.8, 4) is 17.5 Å². The molecule has 0 N–H and O–H groups in total. The maximum atomic E-state index is 10.6. The Hall–Kier alpha value is -2.70. The lowest BCUT2D eigenvalue weighted by Gasteiger charge is -2.07. The van der Waals surface area contributed by atoms with Gasteiger partial charge < -0.3 is 9.47 Å². The molecule has 0 spiro atoms. The number of methoxy groups -OCH3 is 1. The first-order valence-corrected chi connectivity index (χ1v) is 4.98. The minimum absolute atomic E-state index is 0.0758. The Balaban J connectivity index is 2.31. The minimum Gasteiger partial charge on any atom is -0.493 e. The second kappa shape index (κ2) is 5.09. The van der Waals surface area contributed by atoms with Crippen LogP contribution >= 0.6 is 0 Å². The largest absolute Gasteiger partial charge is 0.493 e. The van der Waals surface area contributed by atoms with Gasteiger partial charge in [0.2, 0.25) is 0 Å². The van der Waals surface area contributed by atoms with E-state index in [1.165, 1.54) is 37.7 Å². The Morgan fingerprint density at radius 2 is 1.94 bits per heavy atom. The smallest absolute Gasteiger partial charge is 0.321 e. The van der Waals surface area contributed by atoms with Crippen LogP contribution in [0.1, 0.15) is 0 Å². The molecular weight excluding hydrogens is 238 g/mol. The van der Waals surface area contributed by atoms with Crippen LogP contribution in [0.25, 0.3) is 0 Å². The summed E-state index contributed by atoms with van der Waals surface area (Å²) in [4.78, 5) is 17.9. The van der Waals surface area contributed by atoms with Gasteiger partial charge in [-0.2, -0.15) is 0 Å². The maximum absolute atomic E-state index is 10.6. The van der Waals surface area contributed by atoms with E-state index in [0.717, 1.165) is 0 Å². The van der Waals surface area contributed by atoms with Gasteiger partial charge in [0.1, 0.15) is 0 Å². The summed E-state index contributed by atoms with van der Waals surface area (Å²) in [5.74, 6) is 0.561. The van der Waals surface area contributed by atoms with Gasteiger partial charge in [0, 0.05) is 18.5 Å². The number of aromatic nitrogens is 2. The lowest BCUT2D eigenvalue weighted by Crippen LogP contribution is -1.95. The third-order valence-corrected chi connectivity index (χ3v) is 2.10. The van der Waals surface area contributed by atoms with E-state index in [-0.39, 0.29) is 17.4 Å². The van der Waals surface area contributed by atoms with Crippen LogP contribution in [-0.4, -0.2) is 22.0 Å². The molecule has 0 atom stereocenters. The molecule has 92 valence electrons. The van der Waals surface area contributed by atoms with Crippen molar-refractivity contribution in [3.05, 3.63) is 46.8 Å². The minimum atomic E-state index is -0.509. The Kier molecular flexibility index (Phi) is 3.33. The molecule has 1 aromatic carbocycles. The fourth-order valence-corrected chi connectivity index (χ4v) is 1.29. The quantitative estimate of drug-likeness (QED) is 0.607. The van der Waals surface area contributed by atoms with Crippen molar-refractivity contribution in [1.82, 2.24) is 9.97 Å². The molecular formula is C11H9N3O4. The molecule has 0 bridgehead atoms. The zero-order valence-electron chi connectivity index (χ0n) is 9.44. The molecule has 0 aliphatic heterocycles. The Labute approximate surface area is 102 Å². The topological polar surface area (TPSA) is 87.4 Å². The molecule has 0 amide bonds. The number of benzene rings is 1. The molecule has 0 aliphatic carbocycles. The highest BCUT2D eigenvalue weighted by Crippen LogP contribution is 2.33. The van der Waals surface area contributed by atoms with Crippen LogP contribution < -0.4 is 9.47 Å². The molecule has 0 aliphatic rings. The fraction of sp³-hybridized carbons (Fsp3) is 0.0909. The van der Waals surface area contributed by atoms with E-state index in [9.17, 15) is 10.1 Å². The highest BCUT2D eigenvalue weighted by Gasteiger charge is 2.13. The first-order chi connectivity index (χ1) is 8.70. The molecule has 1 aromatic heterocycles. The zero-order valence-corrected chi connectivity index (χ0v) is 9.44. The predicted molar refractivity (Wildman–Crippen MR) is 61.8 cm³/mol. The third kappa shape index (κ3) is 2.51. The number of nitrogens with zero attached hydrogens (tertiary/aromatic N) is 3. The number of ether oxygens (including phenoxy) is 2. The van der Waals surface area contributed by atoms with E-state index in [2.05, 4.69) is 9.97 Å². The normalized spacial score (nSPS) is 9.83. The average Bonchev–Trinajstić information content (AvgIpc) is 2.40. The Morgan fingerprint density at radius 3 is 2.56 bits per heavy atom. The molecule has 18 heavy (non-hydrogen) atoms. The predicted octanol–water partition coefficient (Wildman–Crippen LogP) is 2.19. The summed E-state index contributed by atoms with van der Waals surface area (Å²) >= 11 is 0. The van der Waals surface area contributed by atoms with Gasteiger partial charge in [0.15, 0.2) is 11.5 Å². The van der Waals surface area contributed by atoms with Crippen LogP contribution in [0.2, 0.25) is 0 Å². The summed E-state index contributed by atoms with van der Waals surface area (Å²) < 4.78 is 10.4. The first-order valence-electron chi connectivity index (χ1n) is 4.98.